The molecule has 0 amide bonds. The van der Waals surface area contributed by atoms with Crippen LogP contribution in [0.5, 0.6) is 0 Å². The van der Waals surface area contributed by atoms with Gasteiger partial charge in [0.25, 0.3) is 0 Å². The molecular formula is C34H45N7. The van der Waals surface area contributed by atoms with E-state index in [-0.39, 0.29) is 5.41 Å². The molecule has 0 aromatic carbocycles. The summed E-state index contributed by atoms with van der Waals surface area (Å²) in [6, 6.07) is 4.28. The number of nitrogens with one attached hydrogen (secondary N) is 3. The third-order valence-corrected chi connectivity index (χ3v) is 7.59. The number of aromatic amines is 2. The SMILES string of the molecule is C=C(/C=c1/c(-c2cc(/C(=C\C=C/C)N3CCN(C)CC3)c(C)[nH]2)n[nH]/c1=C/C)c1cncc(NC(=C)C(C)(C)C)c1. The van der Waals surface area contributed by atoms with Crippen LogP contribution in [0, 0.1) is 12.3 Å². The maximum atomic E-state index is 4.73. The number of hydrogen-bond donors (Lipinski definition) is 3. The van der Waals surface area contributed by atoms with E-state index in [1.54, 1.807) is 0 Å². The number of anilines is 1. The van der Waals surface area contributed by atoms with Crippen molar-refractivity contribution in [1.29, 1.82) is 0 Å². The number of likely N-dealkylation sites (N-methyl/N-ethyl adjacent to an activating group) is 1. The maximum Gasteiger partial charge on any atom is 0.116 e. The summed E-state index contributed by atoms with van der Waals surface area (Å²) in [7, 11) is 2.18. The van der Waals surface area contributed by atoms with Gasteiger partial charge in [-0.05, 0) is 57.7 Å². The number of piperazine rings is 1. The Bertz CT molecular complexity index is 1580. The van der Waals surface area contributed by atoms with Crippen LogP contribution in [0.25, 0.3) is 34.8 Å². The second-order valence-electron chi connectivity index (χ2n) is 11.8. The Kier molecular flexibility index (Phi) is 9.18. The zero-order chi connectivity index (χ0) is 29.7. The second-order valence-corrected chi connectivity index (χ2v) is 11.8. The molecule has 0 aliphatic carbocycles. The molecule has 3 aromatic rings. The van der Waals surface area contributed by atoms with Crippen molar-refractivity contribution in [3.8, 4) is 11.4 Å². The van der Waals surface area contributed by atoms with E-state index in [4.69, 9.17) is 5.10 Å². The number of aromatic nitrogens is 4. The fourth-order valence-corrected chi connectivity index (χ4v) is 4.79. The highest BCUT2D eigenvalue weighted by molar-refractivity contribution is 5.88. The molecule has 0 bridgehead atoms. The highest BCUT2D eigenvalue weighted by atomic mass is 15.3. The minimum Gasteiger partial charge on any atom is -0.368 e. The molecule has 4 heterocycles. The van der Waals surface area contributed by atoms with Crippen molar-refractivity contribution >= 4 is 29.1 Å². The number of rotatable bonds is 8. The first-order valence-electron chi connectivity index (χ1n) is 14.3. The Balaban J connectivity index is 1.71. The molecule has 7 heteroatoms. The quantitative estimate of drug-likeness (QED) is 0.321. The van der Waals surface area contributed by atoms with Gasteiger partial charge in [-0.25, -0.2) is 0 Å². The standard InChI is InChI=1S/C34H45N7/c1-10-12-13-32(41-16-14-40(9)15-17-41)28-20-31(36-24(28)4)33-29(30(11-2)38-39-33)18-23(3)26-19-27(22-35-21-26)37-25(5)34(6,7)8/h10-13,18-22,36-38H,3,5,14-17H2,1-2,4,6-9H3/b12-10-,29-18+,30-11+,32-13+. The van der Waals surface area contributed by atoms with Crippen molar-refractivity contribution in [2.24, 2.45) is 5.41 Å². The van der Waals surface area contributed by atoms with Gasteiger partial charge in [0.1, 0.15) is 5.69 Å². The molecule has 1 saturated heterocycles. The summed E-state index contributed by atoms with van der Waals surface area (Å²) in [5.41, 5.74) is 8.92. The number of aryl methyl sites for hydroxylation is 1. The molecule has 216 valence electrons. The van der Waals surface area contributed by atoms with Crippen molar-refractivity contribution in [3.05, 3.63) is 89.0 Å². The highest BCUT2D eigenvalue weighted by Gasteiger charge is 2.21. The molecular weight excluding hydrogens is 506 g/mol. The number of hydrogen-bond acceptors (Lipinski definition) is 5. The Morgan fingerprint density at radius 2 is 1.80 bits per heavy atom. The van der Waals surface area contributed by atoms with Crippen LogP contribution < -0.4 is 15.9 Å². The van der Waals surface area contributed by atoms with E-state index in [0.29, 0.717) is 0 Å². The molecule has 3 aromatic heterocycles. The zero-order valence-electron chi connectivity index (χ0n) is 25.7. The summed E-state index contributed by atoms with van der Waals surface area (Å²) in [4.78, 5) is 12.9. The van der Waals surface area contributed by atoms with Crippen LogP contribution in [0.1, 0.15) is 51.4 Å². The number of H-pyrrole nitrogens is 2. The molecule has 0 radical (unpaired) electrons. The highest BCUT2D eigenvalue weighted by Crippen LogP contribution is 2.29. The maximum absolute atomic E-state index is 4.73. The van der Waals surface area contributed by atoms with Crippen molar-refractivity contribution in [2.45, 2.75) is 41.5 Å². The van der Waals surface area contributed by atoms with Gasteiger partial charge < -0.3 is 20.1 Å². The number of nitrogens with zero attached hydrogens (tertiary/aromatic N) is 4. The van der Waals surface area contributed by atoms with Gasteiger partial charge in [0.05, 0.1) is 22.9 Å². The first-order valence-corrected chi connectivity index (χ1v) is 14.3. The van der Waals surface area contributed by atoms with Gasteiger partial charge in [0.15, 0.2) is 0 Å². The van der Waals surface area contributed by atoms with Crippen molar-refractivity contribution < 1.29 is 0 Å². The summed E-state index contributed by atoms with van der Waals surface area (Å²) < 4.78 is 0. The van der Waals surface area contributed by atoms with Gasteiger partial charge in [-0.3, -0.25) is 10.1 Å². The summed E-state index contributed by atoms with van der Waals surface area (Å²) in [6.45, 7) is 25.3. The lowest BCUT2D eigenvalue weighted by Gasteiger charge is -2.35. The molecule has 0 saturated carbocycles. The smallest absolute Gasteiger partial charge is 0.116 e. The lowest BCUT2D eigenvalue weighted by molar-refractivity contribution is 0.207. The van der Waals surface area contributed by atoms with Gasteiger partial charge in [0.2, 0.25) is 0 Å². The van der Waals surface area contributed by atoms with Gasteiger partial charge in [-0.1, -0.05) is 52.2 Å². The van der Waals surface area contributed by atoms with E-state index in [1.165, 1.54) is 11.3 Å². The van der Waals surface area contributed by atoms with Crippen molar-refractivity contribution in [3.63, 3.8) is 0 Å². The third-order valence-electron chi connectivity index (χ3n) is 7.59. The van der Waals surface area contributed by atoms with E-state index in [2.05, 4.69) is 121 Å². The minimum atomic E-state index is -0.0596. The molecule has 1 fully saturated rings. The first-order chi connectivity index (χ1) is 19.5. The van der Waals surface area contributed by atoms with E-state index in [9.17, 15) is 0 Å². The third kappa shape index (κ3) is 6.98. The van der Waals surface area contributed by atoms with Gasteiger partial charge >= 0.3 is 0 Å². The van der Waals surface area contributed by atoms with Crippen molar-refractivity contribution in [1.82, 2.24) is 30.0 Å². The molecule has 0 spiro atoms. The summed E-state index contributed by atoms with van der Waals surface area (Å²) in [5.74, 6) is 0. The molecule has 0 unspecified atom stereocenters. The molecule has 1 aliphatic rings. The molecule has 0 atom stereocenters. The molecule has 41 heavy (non-hydrogen) atoms. The lowest BCUT2D eigenvalue weighted by atomic mass is 9.93. The Morgan fingerprint density at radius 3 is 2.46 bits per heavy atom. The Morgan fingerprint density at radius 1 is 1.07 bits per heavy atom. The van der Waals surface area contributed by atoms with Crippen LogP contribution in [-0.4, -0.2) is 63.2 Å². The van der Waals surface area contributed by atoms with E-state index < -0.39 is 0 Å². The summed E-state index contributed by atoms with van der Waals surface area (Å²) >= 11 is 0. The summed E-state index contributed by atoms with van der Waals surface area (Å²) in [5, 5.41) is 13.3. The van der Waals surface area contributed by atoms with Crippen LogP contribution in [0.15, 0.2) is 61.6 Å². The van der Waals surface area contributed by atoms with Crippen LogP contribution in [0.4, 0.5) is 5.69 Å². The largest absolute Gasteiger partial charge is 0.368 e. The van der Waals surface area contributed by atoms with Gasteiger partial charge in [0, 0.05) is 71.2 Å². The average molecular weight is 552 g/mol. The lowest BCUT2D eigenvalue weighted by Crippen LogP contribution is -2.43. The van der Waals surface area contributed by atoms with E-state index >= 15 is 0 Å². The fraction of sp³-hybridized carbons (Fsp3) is 0.353. The van der Waals surface area contributed by atoms with Gasteiger partial charge in [-0.15, -0.1) is 0 Å². The van der Waals surface area contributed by atoms with Crippen LogP contribution in [-0.2, 0) is 0 Å². The Labute approximate surface area is 244 Å². The monoisotopic (exact) mass is 551 g/mol. The molecule has 3 N–H and O–H groups in total. The first kappa shape index (κ1) is 29.9. The topological polar surface area (TPSA) is 75.9 Å². The van der Waals surface area contributed by atoms with Crippen LogP contribution in [0.2, 0.25) is 0 Å². The molecule has 1 aliphatic heterocycles. The van der Waals surface area contributed by atoms with E-state index in [0.717, 1.165) is 76.3 Å². The van der Waals surface area contributed by atoms with Crippen LogP contribution in [0.3, 0.4) is 0 Å². The normalized spacial score (nSPS) is 16.2. The zero-order valence-corrected chi connectivity index (χ0v) is 25.7. The molecule has 4 rings (SSSR count). The van der Waals surface area contributed by atoms with E-state index in [1.807, 2.05) is 25.4 Å². The minimum absolute atomic E-state index is 0.0596. The number of pyridine rings is 1. The fourth-order valence-electron chi connectivity index (χ4n) is 4.79. The van der Waals surface area contributed by atoms with Crippen molar-refractivity contribution in [2.75, 3.05) is 38.5 Å². The average Bonchev–Trinajstić information content (AvgIpc) is 3.52. The predicted octanol–water partition coefficient (Wildman–Crippen LogP) is 5.54. The second kappa shape index (κ2) is 12.6. The predicted molar refractivity (Wildman–Crippen MR) is 174 cm³/mol. The Hall–Kier alpha value is -4.10. The number of allylic oxidation sites excluding steroid dienone is 5. The van der Waals surface area contributed by atoms with Gasteiger partial charge in [-0.2, -0.15) is 5.10 Å². The van der Waals surface area contributed by atoms with Crippen LogP contribution >= 0.6 is 0 Å². The molecule has 7 nitrogen and oxygen atoms in total. The summed E-state index contributed by atoms with van der Waals surface area (Å²) in [6.07, 6.45) is 14.2.